The summed E-state index contributed by atoms with van der Waals surface area (Å²) in [7, 11) is 3.23. The Morgan fingerprint density at radius 3 is 2.59 bits per heavy atom. The minimum Gasteiger partial charge on any atom is -0.493 e. The summed E-state index contributed by atoms with van der Waals surface area (Å²) in [6, 6.07) is 13.4. The first-order valence-corrected chi connectivity index (χ1v) is 8.45. The minimum absolute atomic E-state index is 0.632. The zero-order valence-electron chi connectivity index (χ0n) is 15.3. The Hall–Kier alpha value is -3.61. The molecule has 1 N–H and O–H groups in total. The third-order valence-corrected chi connectivity index (χ3v) is 4.20. The number of hydrogen-bond acceptors (Lipinski definition) is 6. The number of aromatic nitrogens is 4. The molecule has 7 heteroatoms. The Kier molecular flexibility index (Phi) is 4.33. The number of rotatable bonds is 5. The van der Waals surface area contributed by atoms with Crippen molar-refractivity contribution in [3.8, 4) is 22.8 Å². The van der Waals surface area contributed by atoms with Crippen LogP contribution >= 0.6 is 0 Å². The van der Waals surface area contributed by atoms with Crippen LogP contribution in [0.3, 0.4) is 0 Å². The van der Waals surface area contributed by atoms with Crippen LogP contribution in [-0.2, 0) is 0 Å². The fourth-order valence-corrected chi connectivity index (χ4v) is 2.88. The van der Waals surface area contributed by atoms with E-state index in [1.54, 1.807) is 20.4 Å². The highest BCUT2D eigenvalue weighted by Gasteiger charge is 2.12. The first-order chi connectivity index (χ1) is 13.2. The molecule has 0 radical (unpaired) electrons. The number of anilines is 2. The molecule has 0 aliphatic heterocycles. The number of ether oxygens (including phenoxy) is 2. The van der Waals surface area contributed by atoms with Gasteiger partial charge in [-0.15, -0.1) is 0 Å². The summed E-state index contributed by atoms with van der Waals surface area (Å²) in [6.45, 7) is 1.95. The number of pyridine rings is 1. The fourth-order valence-electron chi connectivity index (χ4n) is 2.88. The van der Waals surface area contributed by atoms with Gasteiger partial charge in [-0.3, -0.25) is 4.40 Å². The number of methoxy groups -OCH3 is 2. The Bertz CT molecular complexity index is 1110. The van der Waals surface area contributed by atoms with Gasteiger partial charge in [-0.2, -0.15) is 0 Å². The number of imidazole rings is 1. The number of nitrogens with one attached hydrogen (secondary N) is 1. The maximum atomic E-state index is 5.41. The lowest BCUT2D eigenvalue weighted by Gasteiger charge is -2.12. The van der Waals surface area contributed by atoms with Crippen molar-refractivity contribution in [3.63, 3.8) is 0 Å². The first-order valence-electron chi connectivity index (χ1n) is 8.45. The van der Waals surface area contributed by atoms with Crippen molar-refractivity contribution in [1.82, 2.24) is 19.4 Å². The molecular formula is C20H19N5O2. The highest BCUT2D eigenvalue weighted by atomic mass is 16.5. The second-order valence-corrected chi connectivity index (χ2v) is 5.98. The fraction of sp³-hybridized carbons (Fsp3) is 0.150. The van der Waals surface area contributed by atoms with Crippen LogP contribution in [-0.4, -0.2) is 33.6 Å². The third-order valence-electron chi connectivity index (χ3n) is 4.20. The molecule has 0 bridgehead atoms. The van der Waals surface area contributed by atoms with Gasteiger partial charge in [0.05, 0.1) is 19.9 Å². The predicted octanol–water partition coefficient (Wildman–Crippen LogP) is 3.86. The molecule has 0 unspecified atom stereocenters. The van der Waals surface area contributed by atoms with Crippen molar-refractivity contribution in [1.29, 1.82) is 0 Å². The van der Waals surface area contributed by atoms with Gasteiger partial charge in [-0.05, 0) is 37.3 Å². The molecule has 0 saturated carbocycles. The average molecular weight is 361 g/mol. The van der Waals surface area contributed by atoms with Crippen molar-refractivity contribution in [2.75, 3.05) is 19.5 Å². The molecule has 0 aliphatic carbocycles. The maximum absolute atomic E-state index is 5.41. The number of fused-ring (bicyclic) bond motifs is 1. The Morgan fingerprint density at radius 1 is 0.963 bits per heavy atom. The molecule has 0 fully saturated rings. The topological polar surface area (TPSA) is 73.6 Å². The van der Waals surface area contributed by atoms with Gasteiger partial charge in [0.25, 0.3) is 0 Å². The summed E-state index contributed by atoms with van der Waals surface area (Å²) in [5.41, 5.74) is 3.38. The number of hydrogen-bond donors (Lipinski definition) is 1. The van der Waals surface area contributed by atoms with Crippen molar-refractivity contribution in [3.05, 3.63) is 60.6 Å². The smallest absolute Gasteiger partial charge is 0.214 e. The third kappa shape index (κ3) is 3.27. The lowest BCUT2D eigenvalue weighted by Crippen LogP contribution is -2.04. The normalized spacial score (nSPS) is 10.8. The minimum atomic E-state index is 0.632. The van der Waals surface area contributed by atoms with Gasteiger partial charge >= 0.3 is 0 Å². The van der Waals surface area contributed by atoms with Crippen molar-refractivity contribution < 1.29 is 9.47 Å². The molecule has 7 nitrogen and oxygen atoms in total. The van der Waals surface area contributed by atoms with Gasteiger partial charge < -0.3 is 14.8 Å². The molecule has 4 rings (SSSR count). The van der Waals surface area contributed by atoms with Gasteiger partial charge in [0.2, 0.25) is 5.95 Å². The molecule has 4 aromatic rings. The predicted molar refractivity (Wildman–Crippen MR) is 104 cm³/mol. The molecule has 1 aromatic carbocycles. The first kappa shape index (κ1) is 16.8. The van der Waals surface area contributed by atoms with Crippen LogP contribution in [0.4, 0.5) is 11.8 Å². The summed E-state index contributed by atoms with van der Waals surface area (Å²) in [5, 5.41) is 3.28. The van der Waals surface area contributed by atoms with Crippen LogP contribution in [0, 0.1) is 6.92 Å². The molecule has 3 aromatic heterocycles. The van der Waals surface area contributed by atoms with E-state index in [0.29, 0.717) is 17.4 Å². The summed E-state index contributed by atoms with van der Waals surface area (Å²) in [4.78, 5) is 13.7. The second kappa shape index (κ2) is 6.95. The monoisotopic (exact) mass is 361 g/mol. The number of nitrogens with zero attached hydrogens (tertiary/aromatic N) is 4. The standard InChI is InChI=1S/C20H19N5O2/c1-13-5-4-6-18(22-13)24-20-23-15(12-19-21-9-10-25(19)20)14-7-8-16(26-2)17(11-14)27-3/h4-12H,1-3H3,(H,22,23,24). The summed E-state index contributed by atoms with van der Waals surface area (Å²) in [5.74, 6) is 2.68. The Morgan fingerprint density at radius 2 is 1.81 bits per heavy atom. The van der Waals surface area contributed by atoms with E-state index in [2.05, 4.69) is 15.3 Å². The van der Waals surface area contributed by atoms with E-state index in [-0.39, 0.29) is 0 Å². The van der Waals surface area contributed by atoms with Crippen molar-refractivity contribution in [2.24, 2.45) is 0 Å². The van der Waals surface area contributed by atoms with Crippen molar-refractivity contribution in [2.45, 2.75) is 6.92 Å². The molecular weight excluding hydrogens is 342 g/mol. The average Bonchev–Trinajstić information content (AvgIpc) is 3.16. The number of benzene rings is 1. The lowest BCUT2D eigenvalue weighted by atomic mass is 10.1. The summed E-state index contributed by atoms with van der Waals surface area (Å²) >= 11 is 0. The molecule has 0 spiro atoms. The molecule has 0 atom stereocenters. The van der Waals surface area contributed by atoms with Gasteiger partial charge in [-0.1, -0.05) is 6.07 Å². The molecule has 3 heterocycles. The molecule has 0 saturated heterocycles. The summed E-state index contributed by atoms with van der Waals surface area (Å²) in [6.07, 6.45) is 3.60. The Balaban J connectivity index is 1.81. The van der Waals surface area contributed by atoms with Gasteiger partial charge in [0, 0.05) is 29.7 Å². The van der Waals surface area contributed by atoms with E-state index in [1.165, 1.54) is 0 Å². The van der Waals surface area contributed by atoms with Crippen LogP contribution in [0.15, 0.2) is 54.9 Å². The molecule has 0 amide bonds. The van der Waals surface area contributed by atoms with E-state index in [9.17, 15) is 0 Å². The van der Waals surface area contributed by atoms with E-state index in [4.69, 9.17) is 14.5 Å². The maximum Gasteiger partial charge on any atom is 0.214 e. The Labute approximate surface area is 156 Å². The zero-order chi connectivity index (χ0) is 18.8. The zero-order valence-corrected chi connectivity index (χ0v) is 15.3. The SMILES string of the molecule is COc1ccc(-c2cc3nccn3c(Nc3cccc(C)n3)n2)cc1OC. The van der Waals surface area contributed by atoms with Gasteiger partial charge in [-0.25, -0.2) is 15.0 Å². The van der Waals surface area contributed by atoms with Crippen LogP contribution in [0.5, 0.6) is 11.5 Å². The quantitative estimate of drug-likeness (QED) is 0.582. The highest BCUT2D eigenvalue weighted by molar-refractivity contribution is 5.69. The van der Waals surface area contributed by atoms with Crippen LogP contribution < -0.4 is 14.8 Å². The van der Waals surface area contributed by atoms with Gasteiger partial charge in [0.15, 0.2) is 11.5 Å². The van der Waals surface area contributed by atoms with Crippen LogP contribution in [0.2, 0.25) is 0 Å². The van der Waals surface area contributed by atoms with Gasteiger partial charge in [0.1, 0.15) is 11.5 Å². The largest absolute Gasteiger partial charge is 0.493 e. The van der Waals surface area contributed by atoms with Crippen LogP contribution in [0.25, 0.3) is 16.9 Å². The molecule has 27 heavy (non-hydrogen) atoms. The van der Waals surface area contributed by atoms with E-state index in [1.807, 2.05) is 60.0 Å². The molecule has 0 aliphatic rings. The molecule has 136 valence electrons. The number of aryl methyl sites for hydroxylation is 1. The lowest BCUT2D eigenvalue weighted by molar-refractivity contribution is 0.355. The second-order valence-electron chi connectivity index (χ2n) is 5.98. The van der Waals surface area contributed by atoms with E-state index < -0.39 is 0 Å². The van der Waals surface area contributed by atoms with E-state index in [0.717, 1.165) is 28.4 Å². The van der Waals surface area contributed by atoms with Crippen LogP contribution in [0.1, 0.15) is 5.69 Å². The van der Waals surface area contributed by atoms with E-state index >= 15 is 0 Å². The van der Waals surface area contributed by atoms with Crippen molar-refractivity contribution >= 4 is 17.4 Å². The summed E-state index contributed by atoms with van der Waals surface area (Å²) < 4.78 is 12.6. The highest BCUT2D eigenvalue weighted by Crippen LogP contribution is 2.32.